The fourth-order valence-corrected chi connectivity index (χ4v) is 2.55. The zero-order chi connectivity index (χ0) is 20.1. The Labute approximate surface area is 163 Å². The molecule has 2 amide bonds. The Bertz CT molecular complexity index is 960. The van der Waals surface area contributed by atoms with Gasteiger partial charge in [-0.2, -0.15) is 5.10 Å². The zero-order valence-electron chi connectivity index (χ0n) is 14.2. The lowest BCUT2D eigenvalue weighted by Crippen LogP contribution is -2.35. The van der Waals surface area contributed by atoms with Gasteiger partial charge in [0.25, 0.3) is 5.91 Å². The SMILES string of the molecule is O=C(CC1N=C(N/N=C/c2ccccc2Cl)NC1=O)Nc1c(F)cccc1F. The number of rotatable bonds is 5. The largest absolute Gasteiger partial charge is 0.321 e. The molecule has 2 aromatic carbocycles. The van der Waals surface area contributed by atoms with Crippen LogP contribution in [-0.4, -0.2) is 30.0 Å². The third kappa shape index (κ3) is 4.68. The number of aliphatic imine (C=N–C) groups is 1. The fraction of sp³-hybridized carbons (Fsp3) is 0.111. The van der Waals surface area contributed by atoms with E-state index in [-0.39, 0.29) is 12.4 Å². The van der Waals surface area contributed by atoms with Gasteiger partial charge in [-0.1, -0.05) is 35.9 Å². The Morgan fingerprint density at radius 2 is 1.93 bits per heavy atom. The predicted octanol–water partition coefficient (Wildman–Crippen LogP) is 2.42. The minimum Gasteiger partial charge on any atom is -0.321 e. The summed E-state index contributed by atoms with van der Waals surface area (Å²) in [6, 6.07) is 9.16. The van der Waals surface area contributed by atoms with E-state index in [1.165, 1.54) is 12.3 Å². The summed E-state index contributed by atoms with van der Waals surface area (Å²) in [5, 5.41) is 8.95. The second-order valence-electron chi connectivity index (χ2n) is 5.72. The molecule has 0 spiro atoms. The molecule has 3 rings (SSSR count). The van der Waals surface area contributed by atoms with E-state index in [4.69, 9.17) is 11.6 Å². The predicted molar refractivity (Wildman–Crippen MR) is 101 cm³/mol. The van der Waals surface area contributed by atoms with Gasteiger partial charge in [-0.3, -0.25) is 14.9 Å². The first-order valence-corrected chi connectivity index (χ1v) is 8.48. The van der Waals surface area contributed by atoms with Crippen molar-refractivity contribution in [3.63, 3.8) is 0 Å². The Hall–Kier alpha value is -3.33. The van der Waals surface area contributed by atoms with Crippen molar-refractivity contribution in [1.82, 2.24) is 10.7 Å². The number of nitrogens with one attached hydrogen (secondary N) is 3. The van der Waals surface area contributed by atoms with Gasteiger partial charge in [-0.05, 0) is 18.2 Å². The molecule has 0 aliphatic carbocycles. The molecular formula is C18H14ClF2N5O2. The van der Waals surface area contributed by atoms with Gasteiger partial charge in [0.2, 0.25) is 11.9 Å². The van der Waals surface area contributed by atoms with E-state index >= 15 is 0 Å². The summed E-state index contributed by atoms with van der Waals surface area (Å²) in [6.07, 6.45) is 1.05. The number of hydrogen-bond donors (Lipinski definition) is 3. The van der Waals surface area contributed by atoms with Crippen LogP contribution in [0.1, 0.15) is 12.0 Å². The van der Waals surface area contributed by atoms with E-state index in [2.05, 4.69) is 26.2 Å². The van der Waals surface area contributed by atoms with Crippen molar-refractivity contribution in [2.45, 2.75) is 12.5 Å². The number of benzene rings is 2. The van der Waals surface area contributed by atoms with E-state index in [0.717, 1.165) is 12.1 Å². The lowest BCUT2D eigenvalue weighted by Gasteiger charge is -2.08. The average Bonchev–Trinajstić information content (AvgIpc) is 2.99. The lowest BCUT2D eigenvalue weighted by atomic mass is 10.2. The van der Waals surface area contributed by atoms with Crippen LogP contribution in [0.15, 0.2) is 52.6 Å². The summed E-state index contributed by atoms with van der Waals surface area (Å²) >= 11 is 6.00. The van der Waals surface area contributed by atoms with E-state index in [9.17, 15) is 18.4 Å². The average molecular weight is 406 g/mol. The summed E-state index contributed by atoms with van der Waals surface area (Å²) in [6.45, 7) is 0. The van der Waals surface area contributed by atoms with Gasteiger partial charge < -0.3 is 5.32 Å². The quantitative estimate of drug-likeness (QED) is 0.526. The number of carbonyl (C=O) groups excluding carboxylic acids is 2. The zero-order valence-corrected chi connectivity index (χ0v) is 15.0. The standard InChI is InChI=1S/C18H14ClF2N5O2/c19-11-5-2-1-4-10(11)9-22-26-18-23-14(17(28)25-18)8-15(27)24-16-12(20)6-3-7-13(16)21/h1-7,9,14H,8H2,(H,24,27)(H2,23,25,26,28)/b22-9+. The van der Waals surface area contributed by atoms with Crippen LogP contribution in [0.3, 0.4) is 0 Å². The number of guanidine groups is 1. The van der Waals surface area contributed by atoms with Crippen LogP contribution in [0.5, 0.6) is 0 Å². The molecule has 10 heteroatoms. The molecule has 0 fully saturated rings. The van der Waals surface area contributed by atoms with E-state index in [1.807, 2.05) is 0 Å². The van der Waals surface area contributed by atoms with E-state index in [0.29, 0.717) is 10.6 Å². The summed E-state index contributed by atoms with van der Waals surface area (Å²) in [4.78, 5) is 27.9. The Kier molecular flexibility index (Phi) is 5.95. The third-order valence-corrected chi connectivity index (χ3v) is 4.06. The van der Waals surface area contributed by atoms with Gasteiger partial charge in [-0.15, -0.1) is 0 Å². The monoisotopic (exact) mass is 405 g/mol. The summed E-state index contributed by atoms with van der Waals surface area (Å²) in [5.74, 6) is -3.08. The number of halogens is 3. The molecule has 7 nitrogen and oxygen atoms in total. The summed E-state index contributed by atoms with van der Waals surface area (Å²) in [7, 11) is 0. The van der Waals surface area contributed by atoms with Crippen molar-refractivity contribution < 1.29 is 18.4 Å². The highest BCUT2D eigenvalue weighted by molar-refractivity contribution is 6.33. The molecular weight excluding hydrogens is 392 g/mol. The second kappa shape index (κ2) is 8.57. The van der Waals surface area contributed by atoms with Crippen molar-refractivity contribution >= 4 is 41.3 Å². The summed E-state index contributed by atoms with van der Waals surface area (Å²) < 4.78 is 27.1. The van der Waals surface area contributed by atoms with Gasteiger partial charge in [0.05, 0.1) is 12.6 Å². The maximum absolute atomic E-state index is 13.6. The van der Waals surface area contributed by atoms with Gasteiger partial charge in [0.15, 0.2) is 0 Å². The molecule has 0 saturated heterocycles. The maximum atomic E-state index is 13.6. The molecule has 1 heterocycles. The van der Waals surface area contributed by atoms with Crippen LogP contribution < -0.4 is 16.1 Å². The van der Waals surface area contributed by atoms with Crippen LogP contribution in [0, 0.1) is 11.6 Å². The lowest BCUT2D eigenvalue weighted by molar-refractivity contribution is -0.123. The minimum absolute atomic E-state index is 0.0446. The molecule has 0 bridgehead atoms. The fourth-order valence-electron chi connectivity index (χ4n) is 2.37. The van der Waals surface area contributed by atoms with Gasteiger partial charge in [-0.25, -0.2) is 19.2 Å². The smallest absolute Gasteiger partial charge is 0.252 e. The van der Waals surface area contributed by atoms with Crippen molar-refractivity contribution in [2.75, 3.05) is 5.32 Å². The highest BCUT2D eigenvalue weighted by Crippen LogP contribution is 2.19. The van der Waals surface area contributed by atoms with Crippen LogP contribution in [0.25, 0.3) is 0 Å². The number of hydrogen-bond acceptors (Lipinski definition) is 5. The van der Waals surface area contributed by atoms with Gasteiger partial charge in [0.1, 0.15) is 23.4 Å². The maximum Gasteiger partial charge on any atom is 0.252 e. The molecule has 28 heavy (non-hydrogen) atoms. The van der Waals surface area contributed by atoms with Gasteiger partial charge >= 0.3 is 0 Å². The molecule has 2 aromatic rings. The Balaban J connectivity index is 1.59. The molecule has 144 valence electrons. The topological polar surface area (TPSA) is 94.9 Å². The first kappa shape index (κ1) is 19.4. The molecule has 1 unspecified atom stereocenters. The highest BCUT2D eigenvalue weighted by Gasteiger charge is 2.29. The van der Waals surface area contributed by atoms with Crippen molar-refractivity contribution in [2.24, 2.45) is 10.1 Å². The third-order valence-electron chi connectivity index (χ3n) is 3.71. The van der Waals surface area contributed by atoms with E-state index in [1.54, 1.807) is 24.3 Å². The van der Waals surface area contributed by atoms with Gasteiger partial charge in [0, 0.05) is 10.6 Å². The molecule has 3 N–H and O–H groups in total. The Morgan fingerprint density at radius 3 is 2.64 bits per heavy atom. The minimum atomic E-state index is -1.05. The molecule has 0 aromatic heterocycles. The number of para-hydroxylation sites is 1. The Morgan fingerprint density at radius 1 is 1.21 bits per heavy atom. The molecule has 1 aliphatic heterocycles. The number of carbonyl (C=O) groups is 2. The second-order valence-corrected chi connectivity index (χ2v) is 6.13. The number of hydrazone groups is 1. The van der Waals surface area contributed by atoms with Crippen molar-refractivity contribution in [3.8, 4) is 0 Å². The molecule has 1 aliphatic rings. The highest BCUT2D eigenvalue weighted by atomic mass is 35.5. The first-order valence-electron chi connectivity index (χ1n) is 8.10. The van der Waals surface area contributed by atoms with Crippen LogP contribution in [0.4, 0.5) is 14.5 Å². The molecule has 0 radical (unpaired) electrons. The normalized spacial score (nSPS) is 16.0. The van der Waals surface area contributed by atoms with Crippen molar-refractivity contribution in [1.29, 1.82) is 0 Å². The van der Waals surface area contributed by atoms with Crippen LogP contribution in [0.2, 0.25) is 5.02 Å². The number of nitrogens with zero attached hydrogens (tertiary/aromatic N) is 2. The summed E-state index contributed by atoms with van der Waals surface area (Å²) in [5.41, 5.74) is 2.62. The number of amides is 2. The van der Waals surface area contributed by atoms with Crippen LogP contribution >= 0.6 is 11.6 Å². The number of anilines is 1. The van der Waals surface area contributed by atoms with Crippen LogP contribution in [-0.2, 0) is 9.59 Å². The van der Waals surface area contributed by atoms with E-state index < -0.39 is 35.2 Å². The van der Waals surface area contributed by atoms with Crippen molar-refractivity contribution in [3.05, 3.63) is 64.7 Å². The molecule has 1 atom stereocenters. The first-order chi connectivity index (χ1) is 13.4. The molecule has 0 saturated carbocycles.